The van der Waals surface area contributed by atoms with Gasteiger partial charge in [0.15, 0.2) is 23.0 Å². The normalized spacial score (nSPS) is 10.8. The van der Waals surface area contributed by atoms with Crippen LogP contribution >= 0.6 is 0 Å². The van der Waals surface area contributed by atoms with Crippen LogP contribution in [0.4, 0.5) is 10.2 Å². The van der Waals surface area contributed by atoms with Gasteiger partial charge < -0.3 is 10.5 Å². The van der Waals surface area contributed by atoms with E-state index in [2.05, 4.69) is 9.97 Å². The zero-order chi connectivity index (χ0) is 13.4. The first-order valence-corrected chi connectivity index (χ1v) is 5.62. The number of methoxy groups -OCH3 is 1. The minimum Gasteiger partial charge on any atom is -0.494 e. The Morgan fingerprint density at radius 2 is 2.16 bits per heavy atom. The molecule has 0 aliphatic carbocycles. The summed E-state index contributed by atoms with van der Waals surface area (Å²) >= 11 is 0. The highest BCUT2D eigenvalue weighted by atomic mass is 19.1. The molecule has 5 nitrogen and oxygen atoms in total. The lowest BCUT2D eigenvalue weighted by molar-refractivity contribution is 0.386. The van der Waals surface area contributed by atoms with Crippen LogP contribution in [0, 0.1) is 5.82 Å². The molecule has 2 aromatic heterocycles. The summed E-state index contributed by atoms with van der Waals surface area (Å²) in [4.78, 5) is 8.15. The summed E-state index contributed by atoms with van der Waals surface area (Å²) in [6.07, 6.45) is 4.94. The van der Waals surface area contributed by atoms with Gasteiger partial charge in [-0.1, -0.05) is 0 Å². The van der Waals surface area contributed by atoms with Crippen molar-refractivity contribution in [2.24, 2.45) is 0 Å². The second-order valence-electron chi connectivity index (χ2n) is 4.00. The summed E-state index contributed by atoms with van der Waals surface area (Å²) in [6.45, 7) is 0. The monoisotopic (exact) mass is 258 g/mol. The van der Waals surface area contributed by atoms with Crippen LogP contribution in [0.3, 0.4) is 0 Å². The van der Waals surface area contributed by atoms with Crippen LogP contribution in [0.2, 0.25) is 0 Å². The number of nitrogen functional groups attached to an aromatic ring is 1. The third-order valence-electron chi connectivity index (χ3n) is 2.90. The smallest absolute Gasteiger partial charge is 0.180 e. The van der Waals surface area contributed by atoms with Gasteiger partial charge in [0.2, 0.25) is 0 Å². The average Bonchev–Trinajstić information content (AvgIpc) is 2.84. The summed E-state index contributed by atoms with van der Waals surface area (Å²) < 4.78 is 20.4. The van der Waals surface area contributed by atoms with E-state index in [-0.39, 0.29) is 5.75 Å². The molecule has 0 unspecified atom stereocenters. The lowest BCUT2D eigenvalue weighted by atomic mass is 10.1. The molecule has 2 N–H and O–H groups in total. The predicted octanol–water partition coefficient (Wildman–Crippen LogP) is 2.13. The van der Waals surface area contributed by atoms with E-state index < -0.39 is 5.82 Å². The molecule has 0 aliphatic rings. The Labute approximate surface area is 108 Å². The van der Waals surface area contributed by atoms with Gasteiger partial charge in [-0.15, -0.1) is 0 Å². The van der Waals surface area contributed by atoms with Crippen LogP contribution in [-0.4, -0.2) is 21.5 Å². The number of fused-ring (bicyclic) bond motifs is 1. The third-order valence-corrected chi connectivity index (χ3v) is 2.90. The van der Waals surface area contributed by atoms with E-state index in [0.29, 0.717) is 17.0 Å². The maximum Gasteiger partial charge on any atom is 0.180 e. The molecule has 0 atom stereocenters. The molecule has 0 amide bonds. The van der Waals surface area contributed by atoms with Gasteiger partial charge in [-0.25, -0.2) is 14.4 Å². The minimum atomic E-state index is -0.419. The lowest BCUT2D eigenvalue weighted by Gasteiger charge is -2.05. The highest BCUT2D eigenvalue weighted by Gasteiger charge is 2.11. The van der Waals surface area contributed by atoms with Crippen molar-refractivity contribution in [3.63, 3.8) is 0 Å². The predicted molar refractivity (Wildman–Crippen MR) is 69.3 cm³/mol. The number of rotatable bonds is 2. The quantitative estimate of drug-likeness (QED) is 0.764. The van der Waals surface area contributed by atoms with Gasteiger partial charge in [-0.2, -0.15) is 0 Å². The first-order valence-electron chi connectivity index (χ1n) is 5.62. The molecular formula is C13H11FN4O. The van der Waals surface area contributed by atoms with Crippen molar-refractivity contribution in [3.8, 4) is 17.0 Å². The van der Waals surface area contributed by atoms with Crippen molar-refractivity contribution in [3.05, 3.63) is 42.6 Å². The summed E-state index contributed by atoms with van der Waals surface area (Å²) in [6, 6.07) is 4.75. The average molecular weight is 258 g/mol. The number of hydrogen-bond donors (Lipinski definition) is 1. The van der Waals surface area contributed by atoms with Crippen LogP contribution in [0.15, 0.2) is 36.8 Å². The number of halogens is 1. The van der Waals surface area contributed by atoms with Crippen molar-refractivity contribution in [2.45, 2.75) is 0 Å². The SMILES string of the molecule is COc1ccc(-c2cnc3c(N)nccn23)cc1F. The standard InChI is InChI=1S/C13H11FN4O/c1-19-11-3-2-8(6-9(11)14)10-7-17-13-12(15)16-4-5-18(10)13/h2-7H,1H3,(H2,15,16). The van der Waals surface area contributed by atoms with Gasteiger partial charge in [0.05, 0.1) is 19.0 Å². The second-order valence-corrected chi connectivity index (χ2v) is 4.00. The number of benzene rings is 1. The van der Waals surface area contributed by atoms with Crippen molar-refractivity contribution >= 4 is 11.5 Å². The van der Waals surface area contributed by atoms with Gasteiger partial charge in [-0.3, -0.25) is 4.40 Å². The van der Waals surface area contributed by atoms with Crippen molar-refractivity contribution in [1.82, 2.24) is 14.4 Å². The Morgan fingerprint density at radius 3 is 2.89 bits per heavy atom. The molecule has 0 saturated heterocycles. The van der Waals surface area contributed by atoms with E-state index in [1.165, 1.54) is 13.2 Å². The second kappa shape index (κ2) is 4.24. The zero-order valence-corrected chi connectivity index (χ0v) is 10.2. The molecule has 0 spiro atoms. The molecular weight excluding hydrogens is 247 g/mol. The fourth-order valence-electron chi connectivity index (χ4n) is 1.98. The Hall–Kier alpha value is -2.63. The van der Waals surface area contributed by atoms with E-state index in [0.717, 1.165) is 5.69 Å². The van der Waals surface area contributed by atoms with Crippen molar-refractivity contribution < 1.29 is 9.13 Å². The van der Waals surface area contributed by atoms with Crippen LogP contribution in [0.1, 0.15) is 0 Å². The number of anilines is 1. The van der Waals surface area contributed by atoms with Gasteiger partial charge in [-0.05, 0) is 18.2 Å². The molecule has 0 saturated carbocycles. The molecule has 2 heterocycles. The number of ether oxygens (including phenoxy) is 1. The number of aromatic nitrogens is 3. The fraction of sp³-hybridized carbons (Fsp3) is 0.0769. The molecule has 1 aromatic carbocycles. The molecule has 6 heteroatoms. The van der Waals surface area contributed by atoms with E-state index >= 15 is 0 Å². The minimum absolute atomic E-state index is 0.207. The first kappa shape index (κ1) is 11.5. The van der Waals surface area contributed by atoms with Crippen LogP contribution < -0.4 is 10.5 Å². The fourth-order valence-corrected chi connectivity index (χ4v) is 1.98. The lowest BCUT2D eigenvalue weighted by Crippen LogP contribution is -1.96. The molecule has 0 bridgehead atoms. The largest absolute Gasteiger partial charge is 0.494 e. The Kier molecular flexibility index (Phi) is 2.56. The Morgan fingerprint density at radius 1 is 1.32 bits per heavy atom. The highest BCUT2D eigenvalue weighted by molar-refractivity contribution is 5.69. The van der Waals surface area contributed by atoms with E-state index in [9.17, 15) is 4.39 Å². The Bertz CT molecular complexity index is 753. The van der Waals surface area contributed by atoms with Crippen molar-refractivity contribution in [1.29, 1.82) is 0 Å². The van der Waals surface area contributed by atoms with E-state index in [1.54, 1.807) is 35.1 Å². The van der Waals surface area contributed by atoms with Gasteiger partial charge in [0.1, 0.15) is 0 Å². The first-order chi connectivity index (χ1) is 9.20. The summed E-state index contributed by atoms with van der Waals surface area (Å²) in [5.41, 5.74) is 7.72. The van der Waals surface area contributed by atoms with E-state index in [1.807, 2.05) is 0 Å². The molecule has 0 fully saturated rings. The molecule has 96 valence electrons. The summed E-state index contributed by atoms with van der Waals surface area (Å²) in [5.74, 6) is 0.124. The zero-order valence-electron chi connectivity index (χ0n) is 10.2. The molecule has 0 aliphatic heterocycles. The Balaban J connectivity index is 2.19. The van der Waals surface area contributed by atoms with Gasteiger partial charge >= 0.3 is 0 Å². The molecule has 3 rings (SSSR count). The van der Waals surface area contributed by atoms with Crippen LogP contribution in [-0.2, 0) is 0 Å². The summed E-state index contributed by atoms with van der Waals surface area (Å²) in [5, 5.41) is 0. The number of imidazole rings is 1. The third kappa shape index (κ3) is 1.77. The van der Waals surface area contributed by atoms with Crippen LogP contribution in [0.25, 0.3) is 16.9 Å². The topological polar surface area (TPSA) is 65.4 Å². The number of nitrogens with two attached hydrogens (primary N) is 1. The van der Waals surface area contributed by atoms with Crippen LogP contribution in [0.5, 0.6) is 5.75 Å². The van der Waals surface area contributed by atoms with E-state index in [4.69, 9.17) is 10.5 Å². The number of hydrogen-bond acceptors (Lipinski definition) is 4. The van der Waals surface area contributed by atoms with Gasteiger partial charge in [0.25, 0.3) is 0 Å². The molecule has 19 heavy (non-hydrogen) atoms. The molecule has 0 radical (unpaired) electrons. The summed E-state index contributed by atoms with van der Waals surface area (Å²) in [7, 11) is 1.43. The highest BCUT2D eigenvalue weighted by Crippen LogP contribution is 2.26. The number of nitrogens with zero attached hydrogens (tertiary/aromatic N) is 3. The maximum atomic E-state index is 13.7. The van der Waals surface area contributed by atoms with Gasteiger partial charge in [0, 0.05) is 18.0 Å². The van der Waals surface area contributed by atoms with Crippen molar-refractivity contribution in [2.75, 3.05) is 12.8 Å². The maximum absolute atomic E-state index is 13.7. The molecule has 3 aromatic rings.